The molecule has 5 nitrogen and oxygen atoms in total. The number of aromatic nitrogens is 2. The molecule has 0 atom stereocenters. The van der Waals surface area contributed by atoms with Crippen molar-refractivity contribution in [2.24, 2.45) is 0 Å². The van der Waals surface area contributed by atoms with Crippen molar-refractivity contribution in [3.63, 3.8) is 0 Å². The second-order valence-electron chi connectivity index (χ2n) is 4.36. The maximum atomic E-state index is 12.1. The number of hydrogen-bond donors (Lipinski definition) is 1. The molecule has 2 aromatic rings. The largest absolute Gasteiger partial charge is 0.280 e. The number of rotatable bonds is 4. The average Bonchev–Trinajstić information content (AvgIpc) is 2.82. The molecule has 0 radical (unpaired) electrons. The molecule has 1 aromatic carbocycles. The topological polar surface area (TPSA) is 64.0 Å². The average molecular weight is 300 g/mol. The highest BCUT2D eigenvalue weighted by atomic mass is 35.5. The summed E-state index contributed by atoms with van der Waals surface area (Å²) in [5.74, 6) is 0. The van der Waals surface area contributed by atoms with Gasteiger partial charge < -0.3 is 0 Å². The zero-order valence-electron chi connectivity index (χ0n) is 10.5. The van der Waals surface area contributed by atoms with Crippen molar-refractivity contribution < 1.29 is 8.42 Å². The van der Waals surface area contributed by atoms with Gasteiger partial charge >= 0.3 is 0 Å². The molecule has 1 aromatic heterocycles. The molecule has 0 bridgehead atoms. The predicted molar refractivity (Wildman–Crippen MR) is 74.9 cm³/mol. The zero-order valence-corrected chi connectivity index (χ0v) is 12.1. The van der Waals surface area contributed by atoms with Crippen molar-refractivity contribution in [2.45, 2.75) is 24.8 Å². The van der Waals surface area contributed by atoms with Crippen LogP contribution in [0.3, 0.4) is 0 Å². The number of benzene rings is 1. The van der Waals surface area contributed by atoms with Crippen LogP contribution in [0.15, 0.2) is 41.6 Å². The second kappa shape index (κ2) is 5.22. The van der Waals surface area contributed by atoms with Gasteiger partial charge in [0.05, 0.1) is 6.20 Å². The molecule has 102 valence electrons. The van der Waals surface area contributed by atoms with Crippen LogP contribution in [-0.2, 0) is 10.0 Å². The third-order valence-electron chi connectivity index (χ3n) is 2.51. The summed E-state index contributed by atoms with van der Waals surface area (Å²) in [5, 5.41) is 4.57. The van der Waals surface area contributed by atoms with Gasteiger partial charge in [0.25, 0.3) is 10.0 Å². The molecule has 0 fully saturated rings. The normalized spacial score (nSPS) is 11.8. The summed E-state index contributed by atoms with van der Waals surface area (Å²) in [7, 11) is -3.62. The van der Waals surface area contributed by atoms with Crippen LogP contribution < -0.4 is 4.72 Å². The Hall–Kier alpha value is -1.53. The monoisotopic (exact) mass is 299 g/mol. The molecule has 0 aliphatic rings. The van der Waals surface area contributed by atoms with Crippen LogP contribution in [-0.4, -0.2) is 18.2 Å². The zero-order chi connectivity index (χ0) is 14.0. The molecular weight excluding hydrogens is 286 g/mol. The number of nitrogens with zero attached hydrogens (tertiary/aromatic N) is 2. The van der Waals surface area contributed by atoms with Gasteiger partial charge in [-0.2, -0.15) is 5.10 Å². The number of hydrogen-bond acceptors (Lipinski definition) is 3. The van der Waals surface area contributed by atoms with Crippen LogP contribution in [0.2, 0.25) is 5.02 Å². The van der Waals surface area contributed by atoms with E-state index in [2.05, 4.69) is 9.82 Å². The minimum absolute atomic E-state index is 0.111. The Bertz CT molecular complexity index is 663. The lowest BCUT2D eigenvalue weighted by Gasteiger charge is -2.06. The van der Waals surface area contributed by atoms with Crippen molar-refractivity contribution in [1.29, 1.82) is 0 Å². The van der Waals surface area contributed by atoms with Gasteiger partial charge in [-0.3, -0.25) is 9.40 Å². The Morgan fingerprint density at radius 1 is 1.26 bits per heavy atom. The van der Waals surface area contributed by atoms with Crippen LogP contribution in [0.5, 0.6) is 0 Å². The molecule has 1 N–H and O–H groups in total. The van der Waals surface area contributed by atoms with Crippen LogP contribution in [0.1, 0.15) is 19.9 Å². The van der Waals surface area contributed by atoms with E-state index in [9.17, 15) is 8.42 Å². The standard InChI is InChI=1S/C12H14ClN3O2S/c1-9(2)16-8-12(7-14-16)19(17,18)15-11-5-3-10(13)4-6-11/h3-9,15H,1-2H3. The van der Waals surface area contributed by atoms with Crippen LogP contribution in [0, 0.1) is 0 Å². The first-order valence-electron chi connectivity index (χ1n) is 5.71. The Labute approximate surface area is 117 Å². The molecule has 0 aliphatic carbocycles. The summed E-state index contributed by atoms with van der Waals surface area (Å²) >= 11 is 5.75. The molecule has 1 heterocycles. The molecular formula is C12H14ClN3O2S. The van der Waals surface area contributed by atoms with Crippen LogP contribution in [0.4, 0.5) is 5.69 Å². The molecule has 2 rings (SSSR count). The lowest BCUT2D eigenvalue weighted by molar-refractivity contribution is 0.531. The summed E-state index contributed by atoms with van der Waals surface area (Å²) in [6.45, 7) is 3.85. The van der Waals surface area contributed by atoms with Crippen molar-refractivity contribution >= 4 is 27.3 Å². The number of anilines is 1. The van der Waals surface area contributed by atoms with E-state index in [-0.39, 0.29) is 10.9 Å². The molecule has 0 aliphatic heterocycles. The summed E-state index contributed by atoms with van der Waals surface area (Å²) in [6, 6.07) is 6.56. The fraction of sp³-hybridized carbons (Fsp3) is 0.250. The highest BCUT2D eigenvalue weighted by molar-refractivity contribution is 7.92. The third kappa shape index (κ3) is 3.27. The van der Waals surface area contributed by atoms with Crippen molar-refractivity contribution in [3.05, 3.63) is 41.7 Å². The summed E-state index contributed by atoms with van der Waals surface area (Å²) in [6.07, 6.45) is 2.83. The van der Waals surface area contributed by atoms with Gasteiger partial charge in [0.15, 0.2) is 0 Å². The highest BCUT2D eigenvalue weighted by Gasteiger charge is 2.17. The second-order valence-corrected chi connectivity index (χ2v) is 6.48. The maximum Gasteiger partial charge on any atom is 0.265 e. The smallest absolute Gasteiger partial charge is 0.265 e. The molecule has 0 unspecified atom stereocenters. The van der Waals surface area contributed by atoms with Gasteiger partial charge in [0.1, 0.15) is 4.90 Å². The fourth-order valence-corrected chi connectivity index (χ4v) is 2.60. The van der Waals surface area contributed by atoms with E-state index in [1.807, 2.05) is 13.8 Å². The summed E-state index contributed by atoms with van der Waals surface area (Å²) in [4.78, 5) is 0.135. The van der Waals surface area contributed by atoms with E-state index in [4.69, 9.17) is 11.6 Å². The van der Waals surface area contributed by atoms with Gasteiger partial charge in [-0.1, -0.05) is 11.6 Å². The number of nitrogens with one attached hydrogen (secondary N) is 1. The Kier molecular flexibility index (Phi) is 3.82. The van der Waals surface area contributed by atoms with Gasteiger partial charge in [-0.25, -0.2) is 8.42 Å². The summed E-state index contributed by atoms with van der Waals surface area (Å²) < 4.78 is 28.3. The fourth-order valence-electron chi connectivity index (χ4n) is 1.47. The maximum absolute atomic E-state index is 12.1. The van der Waals surface area contributed by atoms with Crippen LogP contribution in [0.25, 0.3) is 0 Å². The van der Waals surface area contributed by atoms with E-state index in [1.54, 1.807) is 28.9 Å². The SMILES string of the molecule is CC(C)n1cc(S(=O)(=O)Nc2ccc(Cl)cc2)cn1. The first kappa shape index (κ1) is 13.9. The van der Waals surface area contributed by atoms with Crippen molar-refractivity contribution in [2.75, 3.05) is 4.72 Å². The first-order chi connectivity index (χ1) is 8.88. The van der Waals surface area contributed by atoms with E-state index < -0.39 is 10.0 Å². The number of halogens is 1. The van der Waals surface area contributed by atoms with Crippen LogP contribution >= 0.6 is 11.6 Å². The van der Waals surface area contributed by atoms with E-state index in [1.165, 1.54) is 12.4 Å². The predicted octanol–water partition coefficient (Wildman–Crippen LogP) is 2.92. The number of sulfonamides is 1. The molecule has 19 heavy (non-hydrogen) atoms. The van der Waals surface area contributed by atoms with E-state index in [0.717, 1.165) is 0 Å². The van der Waals surface area contributed by atoms with Crippen molar-refractivity contribution in [3.8, 4) is 0 Å². The van der Waals surface area contributed by atoms with Gasteiger partial charge in [-0.05, 0) is 38.1 Å². The minimum atomic E-state index is -3.62. The van der Waals surface area contributed by atoms with Gasteiger partial charge in [0, 0.05) is 22.9 Å². The Morgan fingerprint density at radius 3 is 2.42 bits per heavy atom. The lowest BCUT2D eigenvalue weighted by atomic mass is 10.3. The quantitative estimate of drug-likeness (QED) is 0.944. The third-order valence-corrected chi connectivity index (χ3v) is 4.10. The molecule has 0 saturated heterocycles. The van der Waals surface area contributed by atoms with Gasteiger partial charge in [-0.15, -0.1) is 0 Å². The highest BCUT2D eigenvalue weighted by Crippen LogP contribution is 2.18. The van der Waals surface area contributed by atoms with Gasteiger partial charge in [0.2, 0.25) is 0 Å². The molecule has 0 spiro atoms. The lowest BCUT2D eigenvalue weighted by Crippen LogP contribution is -2.12. The first-order valence-corrected chi connectivity index (χ1v) is 7.57. The molecule has 7 heteroatoms. The van der Waals surface area contributed by atoms with E-state index in [0.29, 0.717) is 10.7 Å². The Morgan fingerprint density at radius 2 is 1.89 bits per heavy atom. The minimum Gasteiger partial charge on any atom is -0.280 e. The summed E-state index contributed by atoms with van der Waals surface area (Å²) in [5.41, 5.74) is 0.460. The molecule has 0 saturated carbocycles. The van der Waals surface area contributed by atoms with Crippen molar-refractivity contribution in [1.82, 2.24) is 9.78 Å². The molecule has 0 amide bonds. The Balaban J connectivity index is 2.24. The van der Waals surface area contributed by atoms with E-state index >= 15 is 0 Å².